The van der Waals surface area contributed by atoms with Crippen LogP contribution in [0.2, 0.25) is 0 Å². The Morgan fingerprint density at radius 2 is 2.00 bits per heavy atom. The zero-order valence-corrected chi connectivity index (χ0v) is 7.76. The van der Waals surface area contributed by atoms with E-state index in [0.29, 0.717) is 0 Å². The highest BCUT2D eigenvalue weighted by atomic mass is 79.9. The largest absolute Gasteiger partial charge is 0.0924 e. The Morgan fingerprint density at radius 1 is 1.18 bits per heavy atom. The van der Waals surface area contributed by atoms with Gasteiger partial charge in [0.25, 0.3) is 0 Å². The number of halogens is 1. The van der Waals surface area contributed by atoms with E-state index in [2.05, 4.69) is 46.3 Å². The van der Waals surface area contributed by atoms with Crippen LogP contribution in [0.15, 0.2) is 24.3 Å². The summed E-state index contributed by atoms with van der Waals surface area (Å²) in [6, 6.07) is 8.53. The normalized spacial score (nSPS) is 13.4. The molecule has 0 bridgehead atoms. The molecule has 0 saturated carbocycles. The lowest BCUT2D eigenvalue weighted by molar-refractivity contribution is 1.26. The van der Waals surface area contributed by atoms with Gasteiger partial charge in [0, 0.05) is 5.33 Å². The summed E-state index contributed by atoms with van der Waals surface area (Å²) >= 11 is 3.44. The zero-order chi connectivity index (χ0) is 7.68. The fourth-order valence-corrected chi connectivity index (χ4v) is 1.84. The van der Waals surface area contributed by atoms with Crippen LogP contribution in [0.4, 0.5) is 0 Å². The average molecular weight is 209 g/mol. The molecular formula is C10H9Br. The highest BCUT2D eigenvalue weighted by Gasteiger charge is 2.13. The van der Waals surface area contributed by atoms with Gasteiger partial charge in [0.15, 0.2) is 0 Å². The predicted molar refractivity (Wildman–Crippen MR) is 52.7 cm³/mol. The van der Waals surface area contributed by atoms with Gasteiger partial charge in [0.2, 0.25) is 0 Å². The van der Waals surface area contributed by atoms with Crippen molar-refractivity contribution in [3.63, 3.8) is 0 Å². The molecule has 1 heteroatoms. The molecule has 1 aliphatic carbocycles. The third-order valence-electron chi connectivity index (χ3n) is 2.00. The summed E-state index contributed by atoms with van der Waals surface area (Å²) in [5.41, 5.74) is 4.31. The molecule has 11 heavy (non-hydrogen) atoms. The van der Waals surface area contributed by atoms with Gasteiger partial charge < -0.3 is 0 Å². The average Bonchev–Trinajstić information content (AvgIpc) is 2.01. The smallest absolute Gasteiger partial charge is 0.00720 e. The highest BCUT2D eigenvalue weighted by molar-refractivity contribution is 9.09. The van der Waals surface area contributed by atoms with Gasteiger partial charge in [0.1, 0.15) is 0 Å². The van der Waals surface area contributed by atoms with Crippen LogP contribution in [0.5, 0.6) is 0 Å². The Labute approximate surface area is 75.1 Å². The van der Waals surface area contributed by atoms with E-state index in [1.165, 1.54) is 16.7 Å². The summed E-state index contributed by atoms with van der Waals surface area (Å²) < 4.78 is 0. The van der Waals surface area contributed by atoms with Crippen LogP contribution in [0, 0.1) is 0 Å². The molecule has 0 amide bonds. The Bertz CT molecular complexity index is 299. The van der Waals surface area contributed by atoms with Gasteiger partial charge in [0.05, 0.1) is 0 Å². The van der Waals surface area contributed by atoms with Crippen LogP contribution >= 0.6 is 15.9 Å². The molecular weight excluding hydrogens is 200 g/mol. The van der Waals surface area contributed by atoms with Crippen molar-refractivity contribution in [2.75, 3.05) is 5.33 Å². The fraction of sp³-hybridized carbons (Fsp3) is 0.200. The van der Waals surface area contributed by atoms with E-state index in [0.717, 1.165) is 11.8 Å². The highest BCUT2D eigenvalue weighted by Crippen LogP contribution is 2.34. The van der Waals surface area contributed by atoms with Crippen molar-refractivity contribution in [2.45, 2.75) is 6.42 Å². The first-order valence-corrected chi connectivity index (χ1v) is 4.90. The number of alkyl halides is 1. The van der Waals surface area contributed by atoms with Crippen molar-refractivity contribution < 1.29 is 0 Å². The van der Waals surface area contributed by atoms with Gasteiger partial charge in [-0.25, -0.2) is 0 Å². The SMILES string of the molecule is BrCCC1=Cc2ccccc21. The molecule has 2 rings (SSSR count). The molecule has 0 aromatic heterocycles. The number of fused-ring (bicyclic) bond motifs is 1. The van der Waals surface area contributed by atoms with E-state index < -0.39 is 0 Å². The van der Waals surface area contributed by atoms with Gasteiger partial charge in [-0.3, -0.25) is 0 Å². The minimum Gasteiger partial charge on any atom is -0.0924 e. The van der Waals surface area contributed by atoms with Crippen LogP contribution in [-0.4, -0.2) is 5.33 Å². The molecule has 0 N–H and O–H groups in total. The summed E-state index contributed by atoms with van der Waals surface area (Å²) in [4.78, 5) is 0. The lowest BCUT2D eigenvalue weighted by Crippen LogP contribution is -1.98. The Balaban J connectivity index is 2.24. The first-order valence-electron chi connectivity index (χ1n) is 3.78. The molecule has 0 spiro atoms. The Morgan fingerprint density at radius 3 is 2.73 bits per heavy atom. The number of benzene rings is 1. The van der Waals surface area contributed by atoms with E-state index in [1.54, 1.807) is 0 Å². The molecule has 0 nitrogen and oxygen atoms in total. The van der Waals surface area contributed by atoms with Crippen molar-refractivity contribution in [3.8, 4) is 0 Å². The first-order chi connectivity index (χ1) is 5.42. The van der Waals surface area contributed by atoms with Crippen LogP contribution < -0.4 is 0 Å². The molecule has 0 fully saturated rings. The summed E-state index contributed by atoms with van der Waals surface area (Å²) in [5, 5.41) is 1.06. The predicted octanol–water partition coefficient (Wildman–Crippen LogP) is 3.33. The summed E-state index contributed by atoms with van der Waals surface area (Å²) in [7, 11) is 0. The van der Waals surface area contributed by atoms with E-state index in [1.807, 2.05) is 0 Å². The standard InChI is InChI=1S/C10H9Br/c11-6-5-9-7-8-3-1-2-4-10(8)9/h1-4,7H,5-6H2. The number of allylic oxidation sites excluding steroid dienone is 1. The van der Waals surface area contributed by atoms with Gasteiger partial charge in [-0.2, -0.15) is 0 Å². The van der Waals surface area contributed by atoms with E-state index in [4.69, 9.17) is 0 Å². The number of rotatable bonds is 2. The van der Waals surface area contributed by atoms with Gasteiger partial charge in [-0.05, 0) is 23.1 Å². The minimum atomic E-state index is 1.06. The minimum absolute atomic E-state index is 1.06. The van der Waals surface area contributed by atoms with Crippen molar-refractivity contribution in [2.24, 2.45) is 0 Å². The van der Waals surface area contributed by atoms with E-state index >= 15 is 0 Å². The molecule has 1 aromatic carbocycles. The molecule has 0 radical (unpaired) electrons. The van der Waals surface area contributed by atoms with E-state index in [-0.39, 0.29) is 0 Å². The van der Waals surface area contributed by atoms with Gasteiger partial charge >= 0.3 is 0 Å². The molecule has 0 saturated heterocycles. The van der Waals surface area contributed by atoms with Crippen molar-refractivity contribution >= 4 is 27.6 Å². The zero-order valence-electron chi connectivity index (χ0n) is 6.18. The topological polar surface area (TPSA) is 0 Å². The third kappa shape index (κ3) is 1.14. The lowest BCUT2D eigenvalue weighted by Gasteiger charge is -2.18. The maximum atomic E-state index is 3.44. The van der Waals surface area contributed by atoms with Crippen molar-refractivity contribution in [3.05, 3.63) is 35.4 Å². The summed E-state index contributed by atoms with van der Waals surface area (Å²) in [6.07, 6.45) is 3.41. The first kappa shape index (κ1) is 7.11. The molecule has 1 aliphatic rings. The number of hydrogen-bond acceptors (Lipinski definition) is 0. The van der Waals surface area contributed by atoms with Crippen molar-refractivity contribution in [1.29, 1.82) is 0 Å². The van der Waals surface area contributed by atoms with Crippen LogP contribution in [-0.2, 0) is 0 Å². The van der Waals surface area contributed by atoms with Gasteiger partial charge in [-0.15, -0.1) is 0 Å². The Kier molecular flexibility index (Phi) is 1.82. The van der Waals surface area contributed by atoms with E-state index in [9.17, 15) is 0 Å². The second-order valence-electron chi connectivity index (χ2n) is 2.70. The second-order valence-corrected chi connectivity index (χ2v) is 3.49. The molecule has 56 valence electrons. The Hall–Kier alpha value is -0.560. The van der Waals surface area contributed by atoms with Crippen LogP contribution in [0.1, 0.15) is 17.5 Å². The molecule has 0 unspecified atom stereocenters. The van der Waals surface area contributed by atoms with Crippen LogP contribution in [0.3, 0.4) is 0 Å². The molecule has 1 aromatic rings. The van der Waals surface area contributed by atoms with Crippen LogP contribution in [0.25, 0.3) is 11.6 Å². The third-order valence-corrected chi connectivity index (χ3v) is 2.40. The quantitative estimate of drug-likeness (QED) is 0.655. The summed E-state index contributed by atoms with van der Waals surface area (Å²) in [6.45, 7) is 0. The summed E-state index contributed by atoms with van der Waals surface area (Å²) in [5.74, 6) is 0. The molecule has 0 aliphatic heterocycles. The van der Waals surface area contributed by atoms with Gasteiger partial charge in [-0.1, -0.05) is 46.3 Å². The monoisotopic (exact) mass is 208 g/mol. The molecule has 0 heterocycles. The lowest BCUT2D eigenvalue weighted by atomic mass is 9.87. The maximum absolute atomic E-state index is 3.44. The van der Waals surface area contributed by atoms with Crippen molar-refractivity contribution in [1.82, 2.24) is 0 Å². The molecule has 0 atom stereocenters. The number of hydrogen-bond donors (Lipinski definition) is 0. The second kappa shape index (κ2) is 2.82. The fourth-order valence-electron chi connectivity index (χ4n) is 1.41. The maximum Gasteiger partial charge on any atom is 0.00720 e.